The summed E-state index contributed by atoms with van der Waals surface area (Å²) < 4.78 is 0. The highest BCUT2D eigenvalue weighted by atomic mass is 16.1. The fraction of sp³-hybridized carbons (Fsp3) is 0.500. The highest BCUT2D eigenvalue weighted by Gasteiger charge is 2.03. The van der Waals surface area contributed by atoms with Gasteiger partial charge in [-0.3, -0.25) is 4.79 Å². The Kier molecular flexibility index (Phi) is 5.53. The second-order valence-corrected chi connectivity index (χ2v) is 4.62. The van der Waals surface area contributed by atoms with Crippen molar-refractivity contribution >= 4 is 11.6 Å². The summed E-state index contributed by atoms with van der Waals surface area (Å²) >= 11 is 0. The molecule has 3 heteroatoms. The highest BCUT2D eigenvalue weighted by molar-refractivity contribution is 5.94. The molecular weight excluding hydrogens is 212 g/mol. The van der Waals surface area contributed by atoms with Crippen molar-refractivity contribution in [1.29, 1.82) is 0 Å². The van der Waals surface area contributed by atoms with E-state index in [9.17, 15) is 4.79 Å². The quantitative estimate of drug-likeness (QED) is 0.743. The minimum Gasteiger partial charge on any atom is -0.385 e. The molecule has 1 aromatic rings. The summed E-state index contributed by atoms with van der Waals surface area (Å²) in [7, 11) is 1.64. The number of carbonyl (C=O) groups is 1. The van der Waals surface area contributed by atoms with Crippen LogP contribution in [0.15, 0.2) is 24.3 Å². The smallest absolute Gasteiger partial charge is 0.251 e. The second-order valence-electron chi connectivity index (χ2n) is 4.62. The van der Waals surface area contributed by atoms with Crippen LogP contribution in [0.5, 0.6) is 0 Å². The third-order valence-electron chi connectivity index (χ3n) is 2.64. The molecule has 17 heavy (non-hydrogen) atoms. The predicted octanol–water partition coefficient (Wildman–Crippen LogP) is 2.89. The molecule has 0 radical (unpaired) electrons. The maximum atomic E-state index is 11.4. The maximum Gasteiger partial charge on any atom is 0.251 e. The first-order chi connectivity index (χ1) is 8.13. The van der Waals surface area contributed by atoms with Gasteiger partial charge in [-0.15, -0.1) is 0 Å². The van der Waals surface area contributed by atoms with Gasteiger partial charge in [-0.05, 0) is 37.0 Å². The van der Waals surface area contributed by atoms with Crippen molar-refractivity contribution in [2.24, 2.45) is 5.92 Å². The van der Waals surface area contributed by atoms with Crippen LogP contribution in [0.1, 0.15) is 37.0 Å². The Hall–Kier alpha value is -1.51. The van der Waals surface area contributed by atoms with E-state index in [1.54, 1.807) is 7.05 Å². The molecule has 0 aliphatic rings. The third-order valence-corrected chi connectivity index (χ3v) is 2.64. The summed E-state index contributed by atoms with van der Waals surface area (Å²) in [5, 5.41) is 5.96. The Morgan fingerprint density at radius 3 is 2.76 bits per heavy atom. The molecule has 0 unspecified atom stereocenters. The second kappa shape index (κ2) is 6.94. The monoisotopic (exact) mass is 234 g/mol. The van der Waals surface area contributed by atoms with E-state index in [4.69, 9.17) is 0 Å². The average molecular weight is 234 g/mol. The first kappa shape index (κ1) is 13.6. The number of benzene rings is 1. The van der Waals surface area contributed by atoms with E-state index < -0.39 is 0 Å². The number of amides is 1. The molecule has 0 spiro atoms. The van der Waals surface area contributed by atoms with E-state index in [0.717, 1.165) is 24.6 Å². The van der Waals surface area contributed by atoms with Gasteiger partial charge in [0.1, 0.15) is 0 Å². The summed E-state index contributed by atoms with van der Waals surface area (Å²) in [5.41, 5.74) is 1.70. The molecule has 0 bridgehead atoms. The fourth-order valence-corrected chi connectivity index (χ4v) is 1.66. The average Bonchev–Trinajstić information content (AvgIpc) is 2.34. The van der Waals surface area contributed by atoms with Crippen LogP contribution in [0.2, 0.25) is 0 Å². The highest BCUT2D eigenvalue weighted by Crippen LogP contribution is 2.11. The molecule has 1 amide bonds. The normalized spacial score (nSPS) is 10.4. The molecule has 94 valence electrons. The molecule has 0 saturated heterocycles. The van der Waals surface area contributed by atoms with Crippen LogP contribution in [-0.4, -0.2) is 19.5 Å². The molecule has 3 nitrogen and oxygen atoms in total. The molecule has 0 saturated carbocycles. The molecule has 0 atom stereocenters. The topological polar surface area (TPSA) is 41.1 Å². The summed E-state index contributed by atoms with van der Waals surface area (Å²) in [4.78, 5) is 11.4. The van der Waals surface area contributed by atoms with Crippen LogP contribution >= 0.6 is 0 Å². The van der Waals surface area contributed by atoms with Crippen molar-refractivity contribution in [3.05, 3.63) is 29.8 Å². The summed E-state index contributed by atoms with van der Waals surface area (Å²) in [6, 6.07) is 7.59. The Morgan fingerprint density at radius 1 is 1.35 bits per heavy atom. The van der Waals surface area contributed by atoms with Gasteiger partial charge in [0.25, 0.3) is 5.91 Å². The van der Waals surface area contributed by atoms with Gasteiger partial charge in [-0.1, -0.05) is 19.9 Å². The van der Waals surface area contributed by atoms with Crippen molar-refractivity contribution < 1.29 is 4.79 Å². The van der Waals surface area contributed by atoms with Crippen molar-refractivity contribution in [3.8, 4) is 0 Å². The third kappa shape index (κ3) is 4.89. The molecule has 0 aliphatic carbocycles. The molecular formula is C14H22N2O. The SMILES string of the molecule is CNC(=O)c1cccc(NCCCC(C)C)c1. The predicted molar refractivity (Wildman–Crippen MR) is 72.4 cm³/mol. The number of rotatable bonds is 6. The summed E-state index contributed by atoms with van der Waals surface area (Å²) in [5.74, 6) is 0.699. The molecule has 1 rings (SSSR count). The van der Waals surface area contributed by atoms with Crippen LogP contribution in [0, 0.1) is 5.92 Å². The molecule has 2 N–H and O–H groups in total. The lowest BCUT2D eigenvalue weighted by molar-refractivity contribution is 0.0963. The van der Waals surface area contributed by atoms with Crippen LogP contribution in [0.25, 0.3) is 0 Å². The van der Waals surface area contributed by atoms with Crippen LogP contribution in [0.3, 0.4) is 0 Å². The largest absolute Gasteiger partial charge is 0.385 e. The van der Waals surface area contributed by atoms with Crippen LogP contribution in [0.4, 0.5) is 5.69 Å². The fourth-order valence-electron chi connectivity index (χ4n) is 1.66. The number of hydrogen-bond donors (Lipinski definition) is 2. The molecule has 0 aromatic heterocycles. The first-order valence-electron chi connectivity index (χ1n) is 6.19. The Bertz CT molecular complexity index is 361. The van der Waals surface area contributed by atoms with E-state index in [1.807, 2.05) is 24.3 Å². The van der Waals surface area contributed by atoms with Crippen molar-refractivity contribution in [2.75, 3.05) is 18.9 Å². The van der Waals surface area contributed by atoms with E-state index in [0.29, 0.717) is 5.56 Å². The maximum absolute atomic E-state index is 11.4. The Morgan fingerprint density at radius 2 is 2.12 bits per heavy atom. The van der Waals surface area contributed by atoms with Crippen molar-refractivity contribution in [3.63, 3.8) is 0 Å². The molecule has 1 aromatic carbocycles. The minimum absolute atomic E-state index is 0.0455. The summed E-state index contributed by atoms with van der Waals surface area (Å²) in [6.45, 7) is 5.41. The first-order valence-corrected chi connectivity index (χ1v) is 6.19. The zero-order chi connectivity index (χ0) is 12.7. The van der Waals surface area contributed by atoms with Gasteiger partial charge in [0, 0.05) is 24.8 Å². The zero-order valence-electron chi connectivity index (χ0n) is 10.9. The minimum atomic E-state index is -0.0455. The van der Waals surface area contributed by atoms with Crippen molar-refractivity contribution in [2.45, 2.75) is 26.7 Å². The van der Waals surface area contributed by atoms with Gasteiger partial charge >= 0.3 is 0 Å². The Balaban J connectivity index is 2.46. The van der Waals surface area contributed by atoms with E-state index in [1.165, 1.54) is 6.42 Å². The molecule has 0 fully saturated rings. The summed E-state index contributed by atoms with van der Waals surface area (Å²) in [6.07, 6.45) is 2.38. The van der Waals surface area contributed by atoms with Gasteiger partial charge < -0.3 is 10.6 Å². The number of anilines is 1. The molecule has 0 heterocycles. The lowest BCUT2D eigenvalue weighted by atomic mass is 10.1. The van der Waals surface area contributed by atoms with E-state index >= 15 is 0 Å². The van der Waals surface area contributed by atoms with Crippen molar-refractivity contribution in [1.82, 2.24) is 5.32 Å². The van der Waals surface area contributed by atoms with E-state index in [2.05, 4.69) is 24.5 Å². The lowest BCUT2D eigenvalue weighted by Crippen LogP contribution is -2.17. The number of nitrogens with one attached hydrogen (secondary N) is 2. The zero-order valence-corrected chi connectivity index (χ0v) is 10.9. The van der Waals surface area contributed by atoms with Gasteiger partial charge in [0.2, 0.25) is 0 Å². The van der Waals surface area contributed by atoms with Gasteiger partial charge in [-0.25, -0.2) is 0 Å². The van der Waals surface area contributed by atoms with E-state index in [-0.39, 0.29) is 5.91 Å². The lowest BCUT2D eigenvalue weighted by Gasteiger charge is -2.09. The van der Waals surface area contributed by atoms with Gasteiger partial charge in [0.05, 0.1) is 0 Å². The Labute approximate surface area is 104 Å². The van der Waals surface area contributed by atoms with Gasteiger partial charge in [0.15, 0.2) is 0 Å². The van der Waals surface area contributed by atoms with Crippen LogP contribution < -0.4 is 10.6 Å². The number of carbonyl (C=O) groups excluding carboxylic acids is 1. The standard InChI is InChI=1S/C14H22N2O/c1-11(2)6-5-9-16-13-8-4-7-12(10-13)14(17)15-3/h4,7-8,10-11,16H,5-6,9H2,1-3H3,(H,15,17). The van der Waals surface area contributed by atoms with Crippen LogP contribution in [-0.2, 0) is 0 Å². The number of hydrogen-bond acceptors (Lipinski definition) is 2. The molecule has 0 aliphatic heterocycles. The van der Waals surface area contributed by atoms with Gasteiger partial charge in [-0.2, -0.15) is 0 Å².